The van der Waals surface area contributed by atoms with Crippen LogP contribution in [0.5, 0.6) is 17.2 Å². The van der Waals surface area contributed by atoms with Gasteiger partial charge in [-0.2, -0.15) is 0 Å². The molecule has 0 aliphatic carbocycles. The van der Waals surface area contributed by atoms with Gasteiger partial charge in [-0.3, -0.25) is 0 Å². The van der Waals surface area contributed by atoms with Gasteiger partial charge in [0.1, 0.15) is 12.4 Å². The number of rotatable bonds is 6. The van der Waals surface area contributed by atoms with Crippen LogP contribution in [0.25, 0.3) is 0 Å². The van der Waals surface area contributed by atoms with Crippen LogP contribution in [0.4, 0.5) is 0 Å². The Morgan fingerprint density at radius 3 is 2.43 bits per heavy atom. The summed E-state index contributed by atoms with van der Waals surface area (Å²) in [6, 6.07) is 11.1. The number of benzene rings is 2. The lowest BCUT2D eigenvalue weighted by molar-refractivity contribution is 0.247. The summed E-state index contributed by atoms with van der Waals surface area (Å²) in [4.78, 5) is 0. The molecule has 0 unspecified atom stereocenters. The maximum atomic E-state index is 9.41. The number of methoxy groups -OCH3 is 2. The van der Waals surface area contributed by atoms with Gasteiger partial charge in [-0.1, -0.05) is 28.1 Å². The number of hydrogen-bond acceptors (Lipinski definition) is 4. The molecule has 2 aromatic carbocycles. The SMILES string of the molecule is COc1ccc(Br)cc1COc1c(CO)cccc1OC. The number of ether oxygens (including phenoxy) is 3. The first-order valence-electron chi connectivity index (χ1n) is 6.41. The van der Waals surface area contributed by atoms with Crippen LogP contribution in [0.15, 0.2) is 40.9 Å². The van der Waals surface area contributed by atoms with Gasteiger partial charge in [-0.15, -0.1) is 0 Å². The van der Waals surface area contributed by atoms with E-state index in [4.69, 9.17) is 14.2 Å². The third kappa shape index (κ3) is 3.68. The maximum absolute atomic E-state index is 9.41. The van der Waals surface area contributed by atoms with Crippen LogP contribution in [-0.4, -0.2) is 19.3 Å². The molecule has 0 saturated heterocycles. The van der Waals surface area contributed by atoms with Crippen molar-refractivity contribution in [3.8, 4) is 17.2 Å². The first-order chi connectivity index (χ1) is 10.2. The van der Waals surface area contributed by atoms with Gasteiger partial charge in [0.25, 0.3) is 0 Å². The lowest BCUT2D eigenvalue weighted by Gasteiger charge is -2.15. The molecule has 5 heteroatoms. The first kappa shape index (κ1) is 15.7. The predicted octanol–water partition coefficient (Wildman–Crippen LogP) is 3.54. The number of aliphatic hydroxyl groups is 1. The highest BCUT2D eigenvalue weighted by molar-refractivity contribution is 9.10. The second-order valence-corrected chi connectivity index (χ2v) is 5.27. The third-order valence-electron chi connectivity index (χ3n) is 3.07. The number of para-hydroxylation sites is 1. The molecule has 21 heavy (non-hydrogen) atoms. The number of halogens is 1. The molecular weight excluding hydrogens is 336 g/mol. The summed E-state index contributed by atoms with van der Waals surface area (Å²) in [5.74, 6) is 1.89. The van der Waals surface area contributed by atoms with Gasteiger partial charge >= 0.3 is 0 Å². The van der Waals surface area contributed by atoms with Crippen molar-refractivity contribution in [3.05, 3.63) is 52.0 Å². The van der Waals surface area contributed by atoms with E-state index in [0.29, 0.717) is 23.7 Å². The molecule has 0 fully saturated rings. The molecule has 1 N–H and O–H groups in total. The van der Waals surface area contributed by atoms with Crippen molar-refractivity contribution in [2.75, 3.05) is 14.2 Å². The third-order valence-corrected chi connectivity index (χ3v) is 3.56. The van der Waals surface area contributed by atoms with E-state index in [2.05, 4.69) is 15.9 Å². The molecule has 2 aromatic rings. The van der Waals surface area contributed by atoms with Crippen molar-refractivity contribution >= 4 is 15.9 Å². The quantitative estimate of drug-likeness (QED) is 0.863. The highest BCUT2D eigenvalue weighted by Crippen LogP contribution is 2.33. The fourth-order valence-corrected chi connectivity index (χ4v) is 2.43. The normalized spacial score (nSPS) is 10.3. The second kappa shape index (κ2) is 7.33. The Hall–Kier alpha value is -1.72. The zero-order valence-corrected chi connectivity index (χ0v) is 13.5. The fourth-order valence-electron chi connectivity index (χ4n) is 2.02. The standard InChI is InChI=1S/C16H17BrO4/c1-19-14-7-6-13(17)8-12(14)10-21-16-11(9-18)4-3-5-15(16)20-2/h3-8,18H,9-10H2,1-2H3. The largest absolute Gasteiger partial charge is 0.496 e. The number of hydrogen-bond donors (Lipinski definition) is 1. The molecule has 0 atom stereocenters. The van der Waals surface area contributed by atoms with Crippen LogP contribution in [0.2, 0.25) is 0 Å². The summed E-state index contributed by atoms with van der Waals surface area (Å²) in [6.45, 7) is 0.206. The summed E-state index contributed by atoms with van der Waals surface area (Å²) in [5, 5.41) is 9.41. The molecule has 0 aliphatic heterocycles. The van der Waals surface area contributed by atoms with Gasteiger partial charge < -0.3 is 19.3 Å². The van der Waals surface area contributed by atoms with Crippen molar-refractivity contribution in [2.24, 2.45) is 0 Å². The molecule has 112 valence electrons. The Morgan fingerprint density at radius 1 is 1.00 bits per heavy atom. The lowest BCUT2D eigenvalue weighted by Crippen LogP contribution is -2.02. The molecule has 0 saturated carbocycles. The maximum Gasteiger partial charge on any atom is 0.167 e. The molecule has 4 nitrogen and oxygen atoms in total. The second-order valence-electron chi connectivity index (χ2n) is 4.35. The average molecular weight is 353 g/mol. The highest BCUT2D eigenvalue weighted by atomic mass is 79.9. The summed E-state index contributed by atoms with van der Waals surface area (Å²) in [6.07, 6.45) is 0. The van der Waals surface area contributed by atoms with Crippen molar-refractivity contribution in [1.29, 1.82) is 0 Å². The van der Waals surface area contributed by atoms with Gasteiger partial charge in [0, 0.05) is 15.6 Å². The molecule has 0 amide bonds. The lowest BCUT2D eigenvalue weighted by atomic mass is 10.2. The minimum absolute atomic E-state index is 0.109. The van der Waals surface area contributed by atoms with Gasteiger partial charge in [-0.05, 0) is 24.3 Å². The van der Waals surface area contributed by atoms with Crippen LogP contribution in [0.3, 0.4) is 0 Å². The van der Waals surface area contributed by atoms with Crippen LogP contribution in [0.1, 0.15) is 11.1 Å². The Bertz CT molecular complexity index is 591. The van der Waals surface area contributed by atoms with E-state index in [1.54, 1.807) is 26.4 Å². The van der Waals surface area contributed by atoms with Crippen molar-refractivity contribution in [3.63, 3.8) is 0 Å². The predicted molar refractivity (Wildman–Crippen MR) is 83.9 cm³/mol. The topological polar surface area (TPSA) is 47.9 Å². The molecule has 0 aliphatic rings. The monoisotopic (exact) mass is 352 g/mol. The minimum Gasteiger partial charge on any atom is -0.496 e. The summed E-state index contributed by atoms with van der Waals surface area (Å²) >= 11 is 3.43. The van der Waals surface area contributed by atoms with Crippen LogP contribution < -0.4 is 14.2 Å². The van der Waals surface area contributed by atoms with Gasteiger partial charge in [0.15, 0.2) is 11.5 Å². The molecule has 0 heterocycles. The van der Waals surface area contributed by atoms with Crippen LogP contribution >= 0.6 is 15.9 Å². The Labute approximate surface area is 132 Å². The number of aliphatic hydroxyl groups excluding tert-OH is 1. The van der Waals surface area contributed by atoms with Crippen molar-refractivity contribution in [1.82, 2.24) is 0 Å². The smallest absolute Gasteiger partial charge is 0.167 e. The molecule has 0 bridgehead atoms. The van der Waals surface area contributed by atoms with Crippen LogP contribution in [0, 0.1) is 0 Å². The highest BCUT2D eigenvalue weighted by Gasteiger charge is 2.12. The summed E-state index contributed by atoms with van der Waals surface area (Å²) in [5.41, 5.74) is 1.59. The van der Waals surface area contributed by atoms with E-state index in [0.717, 1.165) is 15.8 Å². The van der Waals surface area contributed by atoms with Crippen molar-refractivity contribution < 1.29 is 19.3 Å². The van der Waals surface area contributed by atoms with Gasteiger partial charge in [0.05, 0.1) is 20.8 Å². The fraction of sp³-hybridized carbons (Fsp3) is 0.250. The molecule has 0 spiro atoms. The van der Waals surface area contributed by atoms with Crippen LogP contribution in [-0.2, 0) is 13.2 Å². The van der Waals surface area contributed by atoms with E-state index >= 15 is 0 Å². The van der Waals surface area contributed by atoms with Crippen molar-refractivity contribution in [2.45, 2.75) is 13.2 Å². The summed E-state index contributed by atoms with van der Waals surface area (Å²) in [7, 11) is 3.19. The first-order valence-corrected chi connectivity index (χ1v) is 7.20. The van der Waals surface area contributed by atoms with E-state index in [1.807, 2.05) is 24.3 Å². The van der Waals surface area contributed by atoms with E-state index in [-0.39, 0.29) is 6.61 Å². The zero-order valence-electron chi connectivity index (χ0n) is 11.9. The van der Waals surface area contributed by atoms with Gasteiger partial charge in [-0.25, -0.2) is 0 Å². The Morgan fingerprint density at radius 2 is 1.76 bits per heavy atom. The van der Waals surface area contributed by atoms with Gasteiger partial charge in [0.2, 0.25) is 0 Å². The zero-order chi connectivity index (χ0) is 15.2. The van der Waals surface area contributed by atoms with E-state index in [1.165, 1.54) is 0 Å². The summed E-state index contributed by atoms with van der Waals surface area (Å²) < 4.78 is 17.4. The minimum atomic E-state index is -0.109. The average Bonchev–Trinajstić information content (AvgIpc) is 2.52. The molecular formula is C16H17BrO4. The van der Waals surface area contributed by atoms with E-state index < -0.39 is 0 Å². The molecule has 2 rings (SSSR count). The molecule has 0 radical (unpaired) electrons. The van der Waals surface area contributed by atoms with E-state index in [9.17, 15) is 5.11 Å². The Balaban J connectivity index is 2.26. The Kier molecular flexibility index (Phi) is 5.47. The molecule has 0 aromatic heterocycles.